The topological polar surface area (TPSA) is 54.5 Å². The zero-order valence-electron chi connectivity index (χ0n) is 9.71. The predicted molar refractivity (Wildman–Crippen MR) is 67.2 cm³/mol. The number of nitriles is 1. The first-order chi connectivity index (χ1) is 8.22. The summed E-state index contributed by atoms with van der Waals surface area (Å²) < 4.78 is 1.96. The van der Waals surface area contributed by atoms with Gasteiger partial charge in [-0.15, -0.1) is 10.2 Å². The molecule has 0 saturated heterocycles. The molecular formula is C12H12N4S. The Morgan fingerprint density at radius 2 is 1.94 bits per heavy atom. The maximum Gasteiger partial charge on any atom is 0.196 e. The molecule has 86 valence electrons. The van der Waals surface area contributed by atoms with Crippen LogP contribution < -0.4 is 0 Å². The molecule has 0 N–H and O–H groups in total. The summed E-state index contributed by atoms with van der Waals surface area (Å²) >= 11 is 1.40. The third kappa shape index (κ3) is 2.48. The van der Waals surface area contributed by atoms with Gasteiger partial charge in [-0.05, 0) is 26.0 Å². The second-order valence-corrected chi connectivity index (χ2v) is 4.59. The van der Waals surface area contributed by atoms with Crippen LogP contribution in [0.3, 0.4) is 0 Å². The lowest BCUT2D eigenvalue weighted by molar-refractivity contribution is 0.869. The molecule has 0 radical (unpaired) electrons. The van der Waals surface area contributed by atoms with E-state index in [1.54, 1.807) is 0 Å². The van der Waals surface area contributed by atoms with Gasteiger partial charge < -0.3 is 0 Å². The standard InChI is InChI=1S/C12H12N4S/c1-9-3-5-11(6-4-9)16-10(2)14-15-12(16)17-8-7-13/h3-6H,8H2,1-2H3. The van der Waals surface area contributed by atoms with E-state index in [1.807, 2.05) is 42.7 Å². The van der Waals surface area contributed by atoms with E-state index in [-0.39, 0.29) is 0 Å². The summed E-state index contributed by atoms with van der Waals surface area (Å²) in [5.41, 5.74) is 2.24. The fourth-order valence-corrected chi connectivity index (χ4v) is 2.18. The second kappa shape index (κ2) is 5.02. The van der Waals surface area contributed by atoms with Gasteiger partial charge in [-0.2, -0.15) is 5.26 Å². The lowest BCUT2D eigenvalue weighted by Crippen LogP contribution is -1.99. The Kier molecular flexibility index (Phi) is 3.45. The summed E-state index contributed by atoms with van der Waals surface area (Å²) in [6.45, 7) is 3.96. The molecule has 4 nitrogen and oxygen atoms in total. The molecule has 0 bridgehead atoms. The van der Waals surface area contributed by atoms with Gasteiger partial charge in [0.1, 0.15) is 5.82 Å². The van der Waals surface area contributed by atoms with Crippen LogP contribution in [0.4, 0.5) is 0 Å². The molecule has 0 aliphatic carbocycles. The lowest BCUT2D eigenvalue weighted by atomic mass is 10.2. The molecule has 1 aromatic carbocycles. The van der Waals surface area contributed by atoms with Gasteiger partial charge in [-0.1, -0.05) is 29.5 Å². The number of benzene rings is 1. The maximum absolute atomic E-state index is 8.60. The molecule has 0 fully saturated rings. The van der Waals surface area contributed by atoms with Crippen LogP contribution in [0.25, 0.3) is 5.69 Å². The van der Waals surface area contributed by atoms with Crippen molar-refractivity contribution in [1.29, 1.82) is 5.26 Å². The Bertz CT molecular complexity index is 551. The molecule has 1 heterocycles. The number of rotatable bonds is 3. The average molecular weight is 244 g/mol. The van der Waals surface area contributed by atoms with Crippen molar-refractivity contribution in [2.24, 2.45) is 0 Å². The summed E-state index contributed by atoms with van der Waals surface area (Å²) in [7, 11) is 0. The van der Waals surface area contributed by atoms with Gasteiger partial charge in [-0.25, -0.2) is 0 Å². The van der Waals surface area contributed by atoms with Gasteiger partial charge in [0.2, 0.25) is 0 Å². The Balaban J connectivity index is 2.40. The zero-order valence-corrected chi connectivity index (χ0v) is 10.5. The smallest absolute Gasteiger partial charge is 0.196 e. The Labute approximate surface area is 104 Å². The number of aromatic nitrogens is 3. The van der Waals surface area contributed by atoms with E-state index in [1.165, 1.54) is 17.3 Å². The molecule has 0 aliphatic rings. The molecule has 5 heteroatoms. The maximum atomic E-state index is 8.60. The van der Waals surface area contributed by atoms with Crippen molar-refractivity contribution in [2.75, 3.05) is 5.75 Å². The van der Waals surface area contributed by atoms with Crippen LogP contribution in [-0.2, 0) is 0 Å². The molecule has 2 aromatic rings. The SMILES string of the molecule is Cc1ccc(-n2c(C)nnc2SCC#N)cc1. The highest BCUT2D eigenvalue weighted by molar-refractivity contribution is 7.99. The Hall–Kier alpha value is -1.80. The van der Waals surface area contributed by atoms with Crippen LogP contribution >= 0.6 is 11.8 Å². The average Bonchev–Trinajstić information content (AvgIpc) is 2.69. The normalized spacial score (nSPS) is 10.2. The summed E-state index contributed by atoms with van der Waals surface area (Å²) in [5, 5.41) is 17.5. The monoisotopic (exact) mass is 244 g/mol. The summed E-state index contributed by atoms with van der Waals surface area (Å²) in [5.74, 6) is 1.21. The quantitative estimate of drug-likeness (QED) is 0.778. The van der Waals surface area contributed by atoms with E-state index in [0.29, 0.717) is 5.75 Å². The summed E-state index contributed by atoms with van der Waals surface area (Å²) in [6, 6.07) is 10.3. The van der Waals surface area contributed by atoms with Crippen molar-refractivity contribution in [3.8, 4) is 11.8 Å². The number of hydrogen-bond donors (Lipinski definition) is 0. The van der Waals surface area contributed by atoms with E-state index in [2.05, 4.69) is 16.3 Å². The first-order valence-electron chi connectivity index (χ1n) is 5.21. The molecule has 2 rings (SSSR count). The highest BCUT2D eigenvalue weighted by atomic mass is 32.2. The molecule has 0 aliphatic heterocycles. The Morgan fingerprint density at radius 3 is 2.59 bits per heavy atom. The number of aryl methyl sites for hydroxylation is 2. The minimum atomic E-state index is 0.379. The van der Waals surface area contributed by atoms with Crippen LogP contribution in [0, 0.1) is 25.2 Å². The van der Waals surface area contributed by atoms with Gasteiger partial charge in [0.15, 0.2) is 5.16 Å². The van der Waals surface area contributed by atoms with Crippen LogP contribution in [0.2, 0.25) is 0 Å². The van der Waals surface area contributed by atoms with Gasteiger partial charge >= 0.3 is 0 Å². The van der Waals surface area contributed by atoms with E-state index >= 15 is 0 Å². The molecule has 0 saturated carbocycles. The van der Waals surface area contributed by atoms with Crippen molar-refractivity contribution in [1.82, 2.24) is 14.8 Å². The van der Waals surface area contributed by atoms with E-state index in [9.17, 15) is 0 Å². The lowest BCUT2D eigenvalue weighted by Gasteiger charge is -2.07. The molecule has 0 spiro atoms. The molecule has 1 aromatic heterocycles. The predicted octanol–water partition coefficient (Wildman–Crippen LogP) is 2.50. The van der Waals surface area contributed by atoms with Crippen molar-refractivity contribution in [3.63, 3.8) is 0 Å². The third-order valence-electron chi connectivity index (χ3n) is 2.35. The molecule has 0 unspecified atom stereocenters. The Morgan fingerprint density at radius 1 is 1.24 bits per heavy atom. The van der Waals surface area contributed by atoms with E-state index < -0.39 is 0 Å². The molecular weight excluding hydrogens is 232 g/mol. The number of nitrogens with zero attached hydrogens (tertiary/aromatic N) is 4. The second-order valence-electron chi connectivity index (χ2n) is 3.65. The molecule has 17 heavy (non-hydrogen) atoms. The first-order valence-corrected chi connectivity index (χ1v) is 6.19. The molecule has 0 amide bonds. The van der Waals surface area contributed by atoms with Crippen LogP contribution in [0.1, 0.15) is 11.4 Å². The minimum Gasteiger partial charge on any atom is -0.274 e. The number of thioether (sulfide) groups is 1. The zero-order chi connectivity index (χ0) is 12.3. The molecule has 0 atom stereocenters. The van der Waals surface area contributed by atoms with Crippen LogP contribution in [0.5, 0.6) is 0 Å². The third-order valence-corrected chi connectivity index (χ3v) is 3.15. The first kappa shape index (κ1) is 11.7. The van der Waals surface area contributed by atoms with Crippen molar-refractivity contribution in [2.45, 2.75) is 19.0 Å². The fourth-order valence-electron chi connectivity index (χ4n) is 1.52. The van der Waals surface area contributed by atoms with Gasteiger partial charge in [-0.3, -0.25) is 4.57 Å². The number of hydrogen-bond acceptors (Lipinski definition) is 4. The van der Waals surface area contributed by atoms with Crippen molar-refractivity contribution < 1.29 is 0 Å². The van der Waals surface area contributed by atoms with Gasteiger partial charge in [0.05, 0.1) is 11.8 Å². The van der Waals surface area contributed by atoms with Crippen LogP contribution in [-0.4, -0.2) is 20.5 Å². The highest BCUT2D eigenvalue weighted by Crippen LogP contribution is 2.21. The van der Waals surface area contributed by atoms with Crippen molar-refractivity contribution in [3.05, 3.63) is 35.7 Å². The fraction of sp³-hybridized carbons (Fsp3) is 0.250. The van der Waals surface area contributed by atoms with E-state index in [0.717, 1.165) is 16.7 Å². The van der Waals surface area contributed by atoms with Gasteiger partial charge in [0.25, 0.3) is 0 Å². The summed E-state index contributed by atoms with van der Waals surface area (Å²) in [4.78, 5) is 0. The van der Waals surface area contributed by atoms with E-state index in [4.69, 9.17) is 5.26 Å². The van der Waals surface area contributed by atoms with Crippen molar-refractivity contribution >= 4 is 11.8 Å². The minimum absolute atomic E-state index is 0.379. The van der Waals surface area contributed by atoms with Gasteiger partial charge in [0, 0.05) is 5.69 Å². The van der Waals surface area contributed by atoms with Crippen LogP contribution in [0.15, 0.2) is 29.4 Å². The summed E-state index contributed by atoms with van der Waals surface area (Å²) in [6.07, 6.45) is 0. The largest absolute Gasteiger partial charge is 0.274 e. The highest BCUT2D eigenvalue weighted by Gasteiger charge is 2.10.